The number of rotatable bonds is 5. The minimum atomic E-state index is -2.29. The Morgan fingerprint density at radius 1 is 1.25 bits per heavy atom. The molecule has 2 unspecified atom stereocenters. The van der Waals surface area contributed by atoms with Crippen molar-refractivity contribution in [3.05, 3.63) is 0 Å². The smallest absolute Gasteiger partial charge is 0.371 e. The number of thiol groups is 1. The van der Waals surface area contributed by atoms with Crippen LogP contribution in [0.2, 0.25) is 6.04 Å². The standard InChI is InChI=1S/C11H24O3SSi/c1-5-10(15)11(12-2)8-6-7-9-16(11,13-3)14-4/h10,15H,5-9H2,1-4H3. The topological polar surface area (TPSA) is 27.7 Å². The normalized spacial score (nSPS) is 31.3. The van der Waals surface area contributed by atoms with Gasteiger partial charge in [0.1, 0.15) is 5.22 Å². The number of methoxy groups -OCH3 is 1. The second-order valence-corrected chi connectivity index (χ2v) is 8.68. The first-order valence-electron chi connectivity index (χ1n) is 5.96. The van der Waals surface area contributed by atoms with Crippen LogP contribution in [0.15, 0.2) is 0 Å². The summed E-state index contributed by atoms with van der Waals surface area (Å²) in [5.41, 5.74) is 0. The molecule has 1 heterocycles. The van der Waals surface area contributed by atoms with Gasteiger partial charge in [-0.05, 0) is 18.9 Å². The van der Waals surface area contributed by atoms with Crippen LogP contribution in [-0.4, -0.2) is 40.4 Å². The Balaban J connectivity index is 3.09. The van der Waals surface area contributed by atoms with Gasteiger partial charge in [0.25, 0.3) is 0 Å². The van der Waals surface area contributed by atoms with Crippen molar-refractivity contribution < 1.29 is 13.6 Å². The van der Waals surface area contributed by atoms with Gasteiger partial charge in [-0.3, -0.25) is 0 Å². The summed E-state index contributed by atoms with van der Waals surface area (Å²) in [5.74, 6) is 0. The zero-order chi connectivity index (χ0) is 12.2. The molecule has 96 valence electrons. The van der Waals surface area contributed by atoms with E-state index in [1.54, 1.807) is 21.3 Å². The van der Waals surface area contributed by atoms with Gasteiger partial charge in [0.05, 0.1) is 0 Å². The molecule has 0 spiro atoms. The zero-order valence-corrected chi connectivity index (χ0v) is 12.7. The Morgan fingerprint density at radius 2 is 1.88 bits per heavy atom. The fourth-order valence-electron chi connectivity index (χ4n) is 2.92. The van der Waals surface area contributed by atoms with Crippen LogP contribution in [0.3, 0.4) is 0 Å². The average Bonchev–Trinajstić information content (AvgIpc) is 2.37. The molecule has 0 aromatic heterocycles. The van der Waals surface area contributed by atoms with Crippen molar-refractivity contribution in [2.45, 2.75) is 49.1 Å². The third-order valence-corrected chi connectivity index (χ3v) is 9.35. The van der Waals surface area contributed by atoms with E-state index < -0.39 is 8.56 Å². The molecule has 1 rings (SSSR count). The van der Waals surface area contributed by atoms with Crippen molar-refractivity contribution in [1.82, 2.24) is 0 Å². The van der Waals surface area contributed by atoms with E-state index >= 15 is 0 Å². The Hall–Kier alpha value is 0.447. The van der Waals surface area contributed by atoms with Crippen molar-refractivity contribution in [2.75, 3.05) is 21.3 Å². The average molecular weight is 264 g/mol. The summed E-state index contributed by atoms with van der Waals surface area (Å²) < 4.78 is 17.5. The molecule has 0 radical (unpaired) electrons. The first kappa shape index (κ1) is 14.5. The maximum atomic E-state index is 5.86. The first-order valence-corrected chi connectivity index (χ1v) is 8.50. The molecule has 0 amide bonds. The van der Waals surface area contributed by atoms with Gasteiger partial charge in [-0.2, -0.15) is 12.6 Å². The highest BCUT2D eigenvalue weighted by Gasteiger charge is 2.61. The maximum Gasteiger partial charge on any atom is 0.371 e. The van der Waals surface area contributed by atoms with E-state index in [1.165, 1.54) is 12.8 Å². The van der Waals surface area contributed by atoms with Gasteiger partial charge in [0.15, 0.2) is 0 Å². The molecule has 1 aliphatic rings. The molecule has 0 aliphatic carbocycles. The lowest BCUT2D eigenvalue weighted by atomic mass is 10.1. The Kier molecular flexibility index (Phi) is 5.32. The minimum absolute atomic E-state index is 0.185. The largest absolute Gasteiger partial charge is 0.396 e. The third kappa shape index (κ3) is 2.08. The summed E-state index contributed by atoms with van der Waals surface area (Å²) in [6.45, 7) is 2.14. The van der Waals surface area contributed by atoms with E-state index in [4.69, 9.17) is 26.2 Å². The first-order chi connectivity index (χ1) is 7.62. The second kappa shape index (κ2) is 5.86. The van der Waals surface area contributed by atoms with Crippen LogP contribution in [0.25, 0.3) is 0 Å². The molecule has 1 saturated heterocycles. The molecule has 16 heavy (non-hydrogen) atoms. The second-order valence-electron chi connectivity index (χ2n) is 4.39. The summed E-state index contributed by atoms with van der Waals surface area (Å²) in [6, 6.07) is 1.00. The summed E-state index contributed by atoms with van der Waals surface area (Å²) >= 11 is 4.71. The Labute approximate surface area is 106 Å². The van der Waals surface area contributed by atoms with Crippen molar-refractivity contribution >= 4 is 21.2 Å². The van der Waals surface area contributed by atoms with Gasteiger partial charge in [0.2, 0.25) is 0 Å². The lowest BCUT2D eigenvalue weighted by Crippen LogP contribution is -2.68. The SMILES string of the molecule is CCC(S)C1(OC)CCCC[Si]1(OC)OC. The molecule has 2 atom stereocenters. The monoisotopic (exact) mass is 264 g/mol. The Bertz CT molecular complexity index is 223. The predicted molar refractivity (Wildman–Crippen MR) is 71.2 cm³/mol. The summed E-state index contributed by atoms with van der Waals surface area (Å²) in [7, 11) is 2.98. The van der Waals surface area contributed by atoms with E-state index in [-0.39, 0.29) is 10.5 Å². The highest BCUT2D eigenvalue weighted by molar-refractivity contribution is 7.81. The molecule has 0 aromatic carbocycles. The van der Waals surface area contributed by atoms with Gasteiger partial charge in [-0.25, -0.2) is 0 Å². The highest BCUT2D eigenvalue weighted by atomic mass is 32.1. The molecule has 1 aliphatic heterocycles. The number of ether oxygens (including phenoxy) is 1. The van der Waals surface area contributed by atoms with Crippen molar-refractivity contribution in [2.24, 2.45) is 0 Å². The Morgan fingerprint density at radius 3 is 2.31 bits per heavy atom. The molecule has 0 saturated carbocycles. The van der Waals surface area contributed by atoms with E-state index in [0.717, 1.165) is 18.9 Å². The fraction of sp³-hybridized carbons (Fsp3) is 1.00. The number of hydrogen-bond acceptors (Lipinski definition) is 4. The molecule has 0 aromatic rings. The quantitative estimate of drug-likeness (QED) is 0.611. The lowest BCUT2D eigenvalue weighted by Gasteiger charge is -2.50. The summed E-state index contributed by atoms with van der Waals surface area (Å²) in [4.78, 5) is 0. The predicted octanol–water partition coefficient (Wildman–Crippen LogP) is 2.54. The zero-order valence-electron chi connectivity index (χ0n) is 10.8. The van der Waals surface area contributed by atoms with Gasteiger partial charge < -0.3 is 13.6 Å². The molecular formula is C11H24O3SSi. The summed E-state index contributed by atoms with van der Waals surface area (Å²) in [6.07, 6.45) is 4.31. The molecule has 0 bridgehead atoms. The molecule has 5 heteroatoms. The lowest BCUT2D eigenvalue weighted by molar-refractivity contribution is -0.0101. The van der Waals surface area contributed by atoms with Crippen molar-refractivity contribution in [3.8, 4) is 0 Å². The molecule has 0 N–H and O–H groups in total. The van der Waals surface area contributed by atoms with Gasteiger partial charge >= 0.3 is 8.56 Å². The van der Waals surface area contributed by atoms with E-state index in [0.29, 0.717) is 0 Å². The van der Waals surface area contributed by atoms with E-state index in [9.17, 15) is 0 Å². The van der Waals surface area contributed by atoms with E-state index in [1.807, 2.05) is 0 Å². The van der Waals surface area contributed by atoms with Gasteiger partial charge in [-0.15, -0.1) is 0 Å². The molecule has 3 nitrogen and oxygen atoms in total. The highest BCUT2D eigenvalue weighted by Crippen LogP contribution is 2.44. The molecule has 1 fully saturated rings. The number of hydrogen-bond donors (Lipinski definition) is 1. The van der Waals surface area contributed by atoms with Crippen LogP contribution < -0.4 is 0 Å². The fourth-order valence-corrected chi connectivity index (χ4v) is 7.73. The van der Waals surface area contributed by atoms with Crippen LogP contribution in [0.5, 0.6) is 0 Å². The van der Waals surface area contributed by atoms with Crippen LogP contribution in [0.4, 0.5) is 0 Å². The summed E-state index contributed by atoms with van der Waals surface area (Å²) in [5, 5.41) is -0.114. The van der Waals surface area contributed by atoms with Crippen LogP contribution in [0, 0.1) is 0 Å². The van der Waals surface area contributed by atoms with E-state index in [2.05, 4.69) is 6.92 Å². The van der Waals surface area contributed by atoms with Gasteiger partial charge in [-0.1, -0.05) is 19.8 Å². The van der Waals surface area contributed by atoms with Crippen LogP contribution >= 0.6 is 12.6 Å². The van der Waals surface area contributed by atoms with Crippen molar-refractivity contribution in [3.63, 3.8) is 0 Å². The van der Waals surface area contributed by atoms with Crippen molar-refractivity contribution in [1.29, 1.82) is 0 Å². The van der Waals surface area contributed by atoms with Crippen LogP contribution in [0.1, 0.15) is 32.6 Å². The minimum Gasteiger partial charge on any atom is -0.396 e. The maximum absolute atomic E-state index is 5.86. The molecular weight excluding hydrogens is 240 g/mol. The third-order valence-electron chi connectivity index (χ3n) is 3.90. The van der Waals surface area contributed by atoms with Gasteiger partial charge in [0, 0.05) is 26.6 Å². The van der Waals surface area contributed by atoms with Crippen LogP contribution in [-0.2, 0) is 13.6 Å².